The van der Waals surface area contributed by atoms with Gasteiger partial charge in [0, 0.05) is 0 Å². The molecule has 5 nitrogen and oxygen atoms in total. The molecule has 6 heteroatoms. The van der Waals surface area contributed by atoms with Gasteiger partial charge < -0.3 is 0 Å². The van der Waals surface area contributed by atoms with Crippen LogP contribution >= 0.6 is 0 Å². The molecule has 0 amide bonds. The Morgan fingerprint density at radius 3 is 2.07 bits per heavy atom. The molecule has 0 rings (SSSR count). The van der Waals surface area contributed by atoms with Crippen molar-refractivity contribution in [3.8, 4) is 0 Å². The number of carbonyl (C=O) groups is 2. The van der Waals surface area contributed by atoms with Gasteiger partial charge in [0.25, 0.3) is 0 Å². The van der Waals surface area contributed by atoms with Gasteiger partial charge in [-0.2, -0.15) is 0 Å². The number of hydrogen-bond acceptors (Lipinski definition) is 5. The van der Waals surface area contributed by atoms with Crippen molar-refractivity contribution >= 4 is 36.6 Å². The Labute approximate surface area is 98.3 Å². The quantitative estimate of drug-likeness (QED) is 0.488. The van der Waals surface area contributed by atoms with Crippen LogP contribution in [0.2, 0.25) is 0 Å². The zero-order chi connectivity index (χ0) is 11.0. The van der Waals surface area contributed by atoms with Crippen LogP contribution in [0.1, 0.15) is 20.3 Å². The number of Topliss-reactive ketones (excluding diaryl/α,β-unsaturated/α-hetero) is 1. The number of rotatable bonds is 7. The molecule has 0 aromatic heterocycles. The molecule has 0 spiro atoms. The summed E-state index contributed by atoms with van der Waals surface area (Å²) in [5.74, 6) is -0.921. The van der Waals surface area contributed by atoms with Crippen LogP contribution in [0, 0.1) is 0 Å². The van der Waals surface area contributed by atoms with Crippen molar-refractivity contribution in [2.45, 2.75) is 26.6 Å². The molecule has 0 bridgehead atoms. The Bertz CT molecular complexity index is 188. The summed E-state index contributed by atoms with van der Waals surface area (Å²) in [4.78, 5) is 22.2. The molecule has 0 heterocycles. The Hall–Kier alpha value is -0.0699. The fourth-order valence-electron chi connectivity index (χ4n) is 0.804. The Morgan fingerprint density at radius 2 is 1.71 bits per heavy atom. The van der Waals surface area contributed by atoms with Gasteiger partial charge in [0.15, 0.2) is 0 Å². The summed E-state index contributed by atoms with van der Waals surface area (Å²) in [5, 5.41) is 0. The van der Waals surface area contributed by atoms with Gasteiger partial charge in [0.05, 0.1) is 0 Å². The van der Waals surface area contributed by atoms with Gasteiger partial charge in [0.1, 0.15) is 0 Å². The third kappa shape index (κ3) is 5.62. The minimum absolute atomic E-state index is 0.286. The van der Waals surface area contributed by atoms with Crippen LogP contribution < -0.4 is 0 Å². The fraction of sp³-hybridized carbons (Fsp3) is 0.750. The Balaban J connectivity index is 4.06. The number of ether oxygens (including phenoxy) is 2. The van der Waals surface area contributed by atoms with E-state index in [0.717, 1.165) is 0 Å². The second-order valence-corrected chi connectivity index (χ2v) is 3.05. The molecule has 0 saturated heterocycles. The zero-order valence-corrected chi connectivity index (χ0v) is 11.6. The number of hydrogen-bond donors (Lipinski definition) is 0. The molecule has 78 valence electrons. The molecular formula is C8H13InO5. The second kappa shape index (κ2) is 8.26. The van der Waals surface area contributed by atoms with E-state index in [2.05, 4.69) is 2.85 Å². The van der Waals surface area contributed by atoms with Gasteiger partial charge in [0.2, 0.25) is 0 Å². The van der Waals surface area contributed by atoms with Crippen LogP contribution in [0.25, 0.3) is 0 Å². The van der Waals surface area contributed by atoms with Crippen LogP contribution in [0.3, 0.4) is 0 Å². The molecule has 0 atom stereocenters. The van der Waals surface area contributed by atoms with Gasteiger partial charge in [-0.3, -0.25) is 0 Å². The summed E-state index contributed by atoms with van der Waals surface area (Å²) in [6.07, 6.45) is -1.23. The summed E-state index contributed by atoms with van der Waals surface area (Å²) >= 11 is 0.355. The summed E-state index contributed by atoms with van der Waals surface area (Å²) in [6, 6.07) is 0. The van der Waals surface area contributed by atoms with E-state index >= 15 is 0 Å². The zero-order valence-electron chi connectivity index (χ0n) is 8.32. The average Bonchev–Trinajstić information content (AvgIpc) is 2.17. The number of ketones is 1. The van der Waals surface area contributed by atoms with E-state index in [4.69, 9.17) is 9.47 Å². The molecule has 0 saturated carbocycles. The van der Waals surface area contributed by atoms with Gasteiger partial charge in [-0.1, -0.05) is 0 Å². The topological polar surface area (TPSA) is 61.8 Å². The first-order chi connectivity index (χ1) is 6.65. The van der Waals surface area contributed by atoms with Gasteiger partial charge in [-0.25, -0.2) is 0 Å². The van der Waals surface area contributed by atoms with Crippen molar-refractivity contribution in [1.29, 1.82) is 0 Å². The van der Waals surface area contributed by atoms with Gasteiger partial charge in [-0.15, -0.1) is 0 Å². The van der Waals surface area contributed by atoms with Crippen LogP contribution in [0.15, 0.2) is 0 Å². The number of carbonyl (C=O) groups excluding carboxylic acids is 2. The Kier molecular flexibility index (Phi) is 8.21. The van der Waals surface area contributed by atoms with Crippen molar-refractivity contribution in [3.63, 3.8) is 0 Å². The van der Waals surface area contributed by atoms with E-state index in [0.29, 0.717) is 38.0 Å². The van der Waals surface area contributed by atoms with E-state index < -0.39 is 18.0 Å². The normalized spacial score (nSPS) is 10.2. The minimum atomic E-state index is -0.940. The molecule has 0 aliphatic rings. The first kappa shape index (κ1) is 13.9. The third-order valence-electron chi connectivity index (χ3n) is 1.35. The van der Waals surface area contributed by atoms with Crippen LogP contribution in [-0.2, 0) is 21.9 Å². The molecular weight excluding hydrogens is 291 g/mol. The van der Waals surface area contributed by atoms with Crippen LogP contribution in [-0.4, -0.2) is 56.1 Å². The maximum absolute atomic E-state index is 11.4. The van der Waals surface area contributed by atoms with E-state index in [1.165, 1.54) is 0 Å². The molecule has 0 aromatic rings. The van der Waals surface area contributed by atoms with Crippen LogP contribution in [0.5, 0.6) is 0 Å². The molecule has 0 aliphatic heterocycles. The second-order valence-electron chi connectivity index (χ2n) is 2.38. The van der Waals surface area contributed by atoms with E-state index in [1.807, 2.05) is 0 Å². The fourth-order valence-corrected chi connectivity index (χ4v) is 1.04. The van der Waals surface area contributed by atoms with E-state index in [9.17, 15) is 9.59 Å². The van der Waals surface area contributed by atoms with Crippen molar-refractivity contribution in [2.24, 2.45) is 0 Å². The first-order valence-corrected chi connectivity index (χ1v) is 5.65. The third-order valence-corrected chi connectivity index (χ3v) is 2.10. The molecule has 0 unspecified atom stereocenters. The molecule has 0 fully saturated rings. The van der Waals surface area contributed by atoms with E-state index in [1.54, 1.807) is 13.8 Å². The molecule has 2 radical (unpaired) electrons. The van der Waals surface area contributed by atoms with Crippen molar-refractivity contribution in [1.82, 2.24) is 0 Å². The monoisotopic (exact) mass is 304 g/mol. The summed E-state index contributed by atoms with van der Waals surface area (Å²) in [5.41, 5.74) is 0. The predicted molar refractivity (Wildman–Crippen MR) is 48.5 cm³/mol. The first-order valence-electron chi connectivity index (χ1n) is 4.31. The molecule has 0 N–H and O–H groups in total. The van der Waals surface area contributed by atoms with Crippen molar-refractivity contribution in [2.75, 3.05) is 13.2 Å². The molecule has 0 aromatic carbocycles. The average molecular weight is 304 g/mol. The summed E-state index contributed by atoms with van der Waals surface area (Å²) in [7, 11) is 0. The van der Waals surface area contributed by atoms with Gasteiger partial charge in [-0.05, 0) is 0 Å². The molecule has 14 heavy (non-hydrogen) atoms. The van der Waals surface area contributed by atoms with Crippen molar-refractivity contribution in [3.05, 3.63) is 0 Å². The van der Waals surface area contributed by atoms with Gasteiger partial charge >= 0.3 is 98.3 Å². The van der Waals surface area contributed by atoms with E-state index in [-0.39, 0.29) is 6.42 Å². The SMILES string of the molecule is CCOC(OCC)C(=O)CC(=O)[O][In]. The maximum atomic E-state index is 11.4. The van der Waals surface area contributed by atoms with Crippen molar-refractivity contribution < 1.29 is 21.9 Å². The predicted octanol–water partition coefficient (Wildman–Crippen LogP) is -0.0286. The standard InChI is InChI=1S/C8H14O5.In/c1-3-12-8(13-4-2)6(9)5-7(10)11;/h8H,3-5H2,1-2H3,(H,10,11);/q;+1/p-1. The summed E-state index contributed by atoms with van der Waals surface area (Å²) < 4.78 is 14.5. The summed E-state index contributed by atoms with van der Waals surface area (Å²) in [6.45, 7) is 4.24. The van der Waals surface area contributed by atoms with Crippen LogP contribution in [0.4, 0.5) is 0 Å². The Morgan fingerprint density at radius 1 is 1.21 bits per heavy atom. The molecule has 0 aliphatic carbocycles.